The SMILES string of the molecule is CC/C=C\C/C=C\C/C=C\C/C=C\CCCCCCCOCC(COP(=O)(O)OCC(N)C(=O)O)OC(=O)CCCCCCCCC/C=C\CCCCCCCC. The predicted octanol–water partition coefficient (Wildman–Crippen LogP) is 12.4. The van der Waals surface area contributed by atoms with E-state index < -0.39 is 45.1 Å². The van der Waals surface area contributed by atoms with Crippen molar-refractivity contribution < 1.29 is 42.7 Å². The summed E-state index contributed by atoms with van der Waals surface area (Å²) >= 11 is 0. The molecular formula is C46H82NO9P. The van der Waals surface area contributed by atoms with E-state index in [-0.39, 0.29) is 13.0 Å². The molecule has 0 aliphatic carbocycles. The van der Waals surface area contributed by atoms with Gasteiger partial charge in [-0.05, 0) is 77.0 Å². The van der Waals surface area contributed by atoms with Crippen molar-refractivity contribution in [3.63, 3.8) is 0 Å². The topological polar surface area (TPSA) is 155 Å². The van der Waals surface area contributed by atoms with Crippen LogP contribution in [0.1, 0.15) is 181 Å². The maximum atomic E-state index is 12.6. The van der Waals surface area contributed by atoms with Crippen LogP contribution in [0, 0.1) is 0 Å². The molecule has 0 rings (SSSR count). The number of allylic oxidation sites excluding steroid dienone is 10. The Hall–Kier alpha value is -2.33. The Morgan fingerprint density at radius 3 is 1.54 bits per heavy atom. The molecule has 3 atom stereocenters. The molecule has 4 N–H and O–H groups in total. The molecule has 57 heavy (non-hydrogen) atoms. The minimum Gasteiger partial charge on any atom is -0.480 e. The van der Waals surface area contributed by atoms with Crippen LogP contribution >= 0.6 is 7.82 Å². The molecule has 10 nitrogen and oxygen atoms in total. The van der Waals surface area contributed by atoms with Gasteiger partial charge in [0.1, 0.15) is 12.1 Å². The van der Waals surface area contributed by atoms with Gasteiger partial charge in [0.15, 0.2) is 0 Å². The Morgan fingerprint density at radius 2 is 1.02 bits per heavy atom. The maximum Gasteiger partial charge on any atom is 0.472 e. The quantitative estimate of drug-likeness (QED) is 0.0234. The normalized spacial score (nSPS) is 14.5. The van der Waals surface area contributed by atoms with Crippen molar-refractivity contribution in [2.24, 2.45) is 5.73 Å². The number of aliphatic carboxylic acids is 1. The molecule has 0 spiro atoms. The number of carboxylic acid groups (broad SMARTS) is 1. The first-order valence-electron chi connectivity index (χ1n) is 22.3. The highest BCUT2D eigenvalue weighted by Gasteiger charge is 2.27. The number of phosphoric ester groups is 1. The van der Waals surface area contributed by atoms with Crippen LogP contribution in [0.2, 0.25) is 0 Å². The summed E-state index contributed by atoms with van der Waals surface area (Å²) in [4.78, 5) is 33.6. The van der Waals surface area contributed by atoms with Gasteiger partial charge in [-0.3, -0.25) is 18.6 Å². The Balaban J connectivity index is 4.28. The fourth-order valence-corrected chi connectivity index (χ4v) is 6.60. The van der Waals surface area contributed by atoms with Crippen LogP contribution < -0.4 is 5.73 Å². The largest absolute Gasteiger partial charge is 0.480 e. The molecule has 0 aliphatic rings. The zero-order valence-electron chi connectivity index (χ0n) is 35.9. The van der Waals surface area contributed by atoms with Gasteiger partial charge in [0.05, 0.1) is 19.8 Å². The molecule has 0 heterocycles. The van der Waals surface area contributed by atoms with Gasteiger partial charge >= 0.3 is 19.8 Å². The summed E-state index contributed by atoms with van der Waals surface area (Å²) in [5.41, 5.74) is 5.36. The van der Waals surface area contributed by atoms with Gasteiger partial charge in [-0.1, -0.05) is 158 Å². The monoisotopic (exact) mass is 824 g/mol. The van der Waals surface area contributed by atoms with E-state index in [0.29, 0.717) is 13.0 Å². The fraction of sp³-hybridized carbons (Fsp3) is 0.739. The number of carboxylic acids is 1. The van der Waals surface area contributed by atoms with Gasteiger partial charge in [-0.25, -0.2) is 4.57 Å². The number of rotatable bonds is 42. The number of carbonyl (C=O) groups is 2. The van der Waals surface area contributed by atoms with Crippen LogP contribution in [-0.4, -0.2) is 60.5 Å². The summed E-state index contributed by atoms with van der Waals surface area (Å²) in [7, 11) is -4.63. The van der Waals surface area contributed by atoms with Crippen LogP contribution in [0.25, 0.3) is 0 Å². The van der Waals surface area contributed by atoms with Crippen LogP contribution in [0.3, 0.4) is 0 Å². The number of esters is 1. The van der Waals surface area contributed by atoms with E-state index in [1.165, 1.54) is 64.2 Å². The maximum absolute atomic E-state index is 12.6. The summed E-state index contributed by atoms with van der Waals surface area (Å²) in [6.07, 6.45) is 49.8. The molecule has 3 unspecified atom stereocenters. The van der Waals surface area contributed by atoms with Crippen LogP contribution in [0.15, 0.2) is 60.8 Å². The number of phosphoric acid groups is 1. The molecule has 0 aromatic heterocycles. The van der Waals surface area contributed by atoms with Gasteiger partial charge in [-0.2, -0.15) is 0 Å². The second-order valence-electron chi connectivity index (χ2n) is 14.8. The van der Waals surface area contributed by atoms with E-state index in [9.17, 15) is 19.0 Å². The van der Waals surface area contributed by atoms with E-state index >= 15 is 0 Å². The lowest BCUT2D eigenvalue weighted by molar-refractivity contribution is -0.154. The first kappa shape index (κ1) is 54.7. The van der Waals surface area contributed by atoms with Crippen molar-refractivity contribution in [1.82, 2.24) is 0 Å². The molecule has 0 saturated heterocycles. The Morgan fingerprint density at radius 1 is 0.579 bits per heavy atom. The molecule has 0 aromatic carbocycles. The molecule has 0 amide bonds. The number of carbonyl (C=O) groups excluding carboxylic acids is 1. The summed E-state index contributed by atoms with van der Waals surface area (Å²) in [6.45, 7) is 3.71. The molecule has 0 aliphatic heterocycles. The lowest BCUT2D eigenvalue weighted by atomic mass is 10.1. The molecule has 11 heteroatoms. The molecule has 0 bridgehead atoms. The Kier molecular flexibility index (Phi) is 40.1. The number of nitrogens with two attached hydrogens (primary N) is 1. The molecular weight excluding hydrogens is 741 g/mol. The molecule has 0 fully saturated rings. The Bertz CT molecular complexity index is 1140. The van der Waals surface area contributed by atoms with E-state index in [4.69, 9.17) is 29.4 Å². The minimum atomic E-state index is -4.63. The van der Waals surface area contributed by atoms with Gasteiger partial charge in [0, 0.05) is 13.0 Å². The predicted molar refractivity (Wildman–Crippen MR) is 235 cm³/mol. The number of ether oxygens (including phenoxy) is 2. The van der Waals surface area contributed by atoms with Crippen molar-refractivity contribution in [3.05, 3.63) is 60.8 Å². The standard InChI is InChI=1S/C46H82NO9P/c1-3-5-7-9-11-13-15-17-19-21-23-25-27-29-31-33-35-37-39-53-40-43(41-54-57(51,52)55-42-44(47)46(49)50)56-45(48)38-36-34-32-30-28-26-24-22-20-18-16-14-12-10-8-6-4-2/h5,7,11,13,17-20,23,25,43-44H,3-4,6,8-10,12,14-16,21-22,24,26-42,47H2,1-2H3,(H,49,50)(H,51,52)/b7-5-,13-11-,19-17-,20-18-,25-23-. The highest BCUT2D eigenvalue weighted by Crippen LogP contribution is 2.43. The van der Waals surface area contributed by atoms with Crippen molar-refractivity contribution >= 4 is 19.8 Å². The Labute approximate surface area is 347 Å². The molecule has 330 valence electrons. The third-order valence-corrected chi connectivity index (χ3v) is 10.2. The fourth-order valence-electron chi connectivity index (χ4n) is 5.82. The van der Waals surface area contributed by atoms with E-state index in [1.54, 1.807) is 0 Å². The van der Waals surface area contributed by atoms with E-state index in [2.05, 4.69) is 74.6 Å². The van der Waals surface area contributed by atoms with Crippen LogP contribution in [-0.2, 0) is 32.7 Å². The van der Waals surface area contributed by atoms with E-state index in [1.807, 2.05) is 0 Å². The summed E-state index contributed by atoms with van der Waals surface area (Å²) in [5.74, 6) is -1.79. The smallest absolute Gasteiger partial charge is 0.472 e. The van der Waals surface area contributed by atoms with Gasteiger partial charge in [-0.15, -0.1) is 0 Å². The number of hydrogen-bond acceptors (Lipinski definition) is 8. The van der Waals surface area contributed by atoms with Crippen LogP contribution in [0.5, 0.6) is 0 Å². The third-order valence-electron chi connectivity index (χ3n) is 9.28. The molecule has 0 radical (unpaired) electrons. The highest BCUT2D eigenvalue weighted by molar-refractivity contribution is 7.47. The molecule has 0 aromatic rings. The second kappa shape index (κ2) is 41.8. The average molecular weight is 824 g/mol. The first-order valence-corrected chi connectivity index (χ1v) is 23.8. The lowest BCUT2D eigenvalue weighted by Crippen LogP contribution is -2.34. The zero-order valence-corrected chi connectivity index (χ0v) is 36.8. The minimum absolute atomic E-state index is 0.000443. The number of unbranched alkanes of at least 4 members (excludes halogenated alkanes) is 18. The summed E-state index contributed by atoms with van der Waals surface area (Å²) in [6, 6.07) is -1.48. The van der Waals surface area contributed by atoms with E-state index in [0.717, 1.165) is 89.9 Å². The van der Waals surface area contributed by atoms with Crippen molar-refractivity contribution in [3.8, 4) is 0 Å². The zero-order chi connectivity index (χ0) is 41.9. The van der Waals surface area contributed by atoms with Gasteiger partial charge in [0.2, 0.25) is 0 Å². The van der Waals surface area contributed by atoms with Crippen molar-refractivity contribution in [1.29, 1.82) is 0 Å². The average Bonchev–Trinajstić information content (AvgIpc) is 3.19. The van der Waals surface area contributed by atoms with Crippen LogP contribution in [0.4, 0.5) is 0 Å². The summed E-state index contributed by atoms with van der Waals surface area (Å²) < 4.78 is 33.4. The van der Waals surface area contributed by atoms with Crippen molar-refractivity contribution in [2.45, 2.75) is 193 Å². The van der Waals surface area contributed by atoms with Gasteiger partial charge in [0.25, 0.3) is 0 Å². The molecule has 0 saturated carbocycles. The number of hydrogen-bond donors (Lipinski definition) is 3. The second-order valence-corrected chi connectivity index (χ2v) is 16.2. The van der Waals surface area contributed by atoms with Gasteiger partial charge < -0.3 is 25.2 Å². The first-order chi connectivity index (χ1) is 27.7. The third kappa shape index (κ3) is 41.6. The van der Waals surface area contributed by atoms with Crippen molar-refractivity contribution in [2.75, 3.05) is 26.4 Å². The summed E-state index contributed by atoms with van der Waals surface area (Å²) in [5, 5.41) is 8.90. The highest BCUT2D eigenvalue weighted by atomic mass is 31.2. The lowest BCUT2D eigenvalue weighted by Gasteiger charge is -2.20.